The zero-order chi connectivity index (χ0) is 28.1. The highest BCUT2D eigenvalue weighted by atomic mass is 19.4. The van der Waals surface area contributed by atoms with Gasteiger partial charge in [-0.1, -0.05) is 12.1 Å². The normalized spacial score (nSPS) is 23.7. The van der Waals surface area contributed by atoms with Gasteiger partial charge in [-0.05, 0) is 60.2 Å². The highest BCUT2D eigenvalue weighted by Crippen LogP contribution is 2.46. The van der Waals surface area contributed by atoms with E-state index in [0.29, 0.717) is 50.0 Å². The van der Waals surface area contributed by atoms with Gasteiger partial charge in [-0.15, -0.1) is 0 Å². The first kappa shape index (κ1) is 27.2. The summed E-state index contributed by atoms with van der Waals surface area (Å²) in [4.78, 5) is 28.9. The van der Waals surface area contributed by atoms with Gasteiger partial charge < -0.3 is 9.80 Å². The lowest BCUT2D eigenvalue weighted by Crippen LogP contribution is -2.46. The molecule has 0 saturated carbocycles. The van der Waals surface area contributed by atoms with Crippen molar-refractivity contribution in [2.24, 2.45) is 11.8 Å². The molecule has 1 unspecified atom stereocenters. The van der Waals surface area contributed by atoms with Crippen LogP contribution in [0.15, 0.2) is 54.2 Å². The van der Waals surface area contributed by atoms with Gasteiger partial charge in [0.25, 0.3) is 0 Å². The molecular formula is C28H25F7N2O2. The number of carbonyl (C=O) groups excluding carboxylic acids is 2. The van der Waals surface area contributed by atoms with E-state index in [1.54, 1.807) is 18.2 Å². The zero-order valence-electron chi connectivity index (χ0n) is 20.7. The summed E-state index contributed by atoms with van der Waals surface area (Å²) in [6.07, 6.45) is -7.41. The van der Waals surface area contributed by atoms with Crippen molar-refractivity contribution in [3.8, 4) is 0 Å². The Morgan fingerprint density at radius 3 is 2.10 bits per heavy atom. The Labute approximate surface area is 220 Å². The molecule has 0 radical (unpaired) electrons. The minimum Gasteiger partial charge on any atom is -0.374 e. The van der Waals surface area contributed by atoms with E-state index in [1.165, 1.54) is 17.0 Å². The number of nitrogens with zero attached hydrogens (tertiary/aromatic N) is 2. The van der Waals surface area contributed by atoms with Crippen LogP contribution in [0.5, 0.6) is 0 Å². The van der Waals surface area contributed by atoms with Gasteiger partial charge in [-0.3, -0.25) is 9.59 Å². The highest BCUT2D eigenvalue weighted by Gasteiger charge is 2.46. The second-order valence-electron chi connectivity index (χ2n) is 10.4. The van der Waals surface area contributed by atoms with Crippen LogP contribution in [0.1, 0.15) is 47.6 Å². The number of amides is 1. The first-order valence-electron chi connectivity index (χ1n) is 12.6. The minimum atomic E-state index is -5.02. The van der Waals surface area contributed by atoms with Crippen molar-refractivity contribution < 1.29 is 40.3 Å². The molecule has 2 aliphatic heterocycles. The van der Waals surface area contributed by atoms with Crippen LogP contribution in [0.2, 0.25) is 0 Å². The van der Waals surface area contributed by atoms with Crippen LogP contribution in [0.25, 0.3) is 0 Å². The Morgan fingerprint density at radius 1 is 0.897 bits per heavy atom. The number of fused-ring (bicyclic) bond motifs is 1. The molecule has 0 spiro atoms. The predicted octanol–water partition coefficient (Wildman–Crippen LogP) is 6.17. The van der Waals surface area contributed by atoms with Gasteiger partial charge in [0.1, 0.15) is 5.82 Å². The van der Waals surface area contributed by atoms with Crippen LogP contribution in [-0.2, 0) is 28.4 Å². The molecule has 2 heterocycles. The second-order valence-corrected chi connectivity index (χ2v) is 10.4. The molecule has 2 saturated heterocycles. The average Bonchev–Trinajstić information content (AvgIpc) is 3.49. The van der Waals surface area contributed by atoms with E-state index in [1.807, 2.05) is 0 Å². The summed E-state index contributed by atoms with van der Waals surface area (Å²) < 4.78 is 93.9. The molecule has 3 atom stereocenters. The first-order valence-corrected chi connectivity index (χ1v) is 12.6. The van der Waals surface area contributed by atoms with E-state index in [9.17, 15) is 40.3 Å². The number of ketones is 1. The molecule has 11 heteroatoms. The van der Waals surface area contributed by atoms with Crippen molar-refractivity contribution in [1.82, 2.24) is 9.80 Å². The van der Waals surface area contributed by atoms with Gasteiger partial charge in [-0.25, -0.2) is 4.39 Å². The molecule has 208 valence electrons. The molecule has 0 bridgehead atoms. The number of alkyl halides is 6. The number of benzene rings is 2. The number of likely N-dealkylation sites (tertiary alicyclic amines) is 2. The summed E-state index contributed by atoms with van der Waals surface area (Å²) in [6.45, 7) is 1.45. The van der Waals surface area contributed by atoms with Crippen LogP contribution in [0.3, 0.4) is 0 Å². The predicted molar refractivity (Wildman–Crippen MR) is 126 cm³/mol. The highest BCUT2D eigenvalue weighted by molar-refractivity contribution is 5.92. The Morgan fingerprint density at radius 2 is 1.54 bits per heavy atom. The van der Waals surface area contributed by atoms with Crippen molar-refractivity contribution in [2.75, 3.05) is 19.6 Å². The first-order chi connectivity index (χ1) is 18.3. The van der Waals surface area contributed by atoms with Gasteiger partial charge >= 0.3 is 12.4 Å². The van der Waals surface area contributed by atoms with E-state index < -0.39 is 47.7 Å². The third-order valence-electron chi connectivity index (χ3n) is 7.87. The van der Waals surface area contributed by atoms with Crippen LogP contribution < -0.4 is 0 Å². The number of carbonyl (C=O) groups is 2. The molecular weight excluding hydrogens is 529 g/mol. The molecule has 2 fully saturated rings. The molecule has 2 aromatic rings. The summed E-state index contributed by atoms with van der Waals surface area (Å²) in [6, 6.07) is 6.26. The Balaban J connectivity index is 1.45. The van der Waals surface area contributed by atoms with Crippen LogP contribution in [0, 0.1) is 17.7 Å². The lowest BCUT2D eigenvalue weighted by molar-refractivity contribution is -0.143. The van der Waals surface area contributed by atoms with Crippen molar-refractivity contribution in [2.45, 2.75) is 44.1 Å². The molecule has 0 N–H and O–H groups in total. The molecule has 5 rings (SSSR count). The lowest BCUT2D eigenvalue weighted by Gasteiger charge is -2.43. The number of rotatable bonds is 4. The van der Waals surface area contributed by atoms with E-state index >= 15 is 0 Å². The fourth-order valence-electron chi connectivity index (χ4n) is 6.06. The largest absolute Gasteiger partial charge is 0.416 e. The van der Waals surface area contributed by atoms with Gasteiger partial charge in [-0.2, -0.15) is 26.3 Å². The summed E-state index contributed by atoms with van der Waals surface area (Å²) in [5.41, 5.74) is -1.77. The van der Waals surface area contributed by atoms with Gasteiger partial charge in [0.2, 0.25) is 5.91 Å². The molecule has 1 aliphatic carbocycles. The van der Waals surface area contributed by atoms with Gasteiger partial charge in [0, 0.05) is 43.7 Å². The Bertz CT molecular complexity index is 1270. The maximum Gasteiger partial charge on any atom is 0.416 e. The van der Waals surface area contributed by atoms with Gasteiger partial charge in [0.05, 0.1) is 23.6 Å². The number of piperidine rings is 1. The summed E-state index contributed by atoms with van der Waals surface area (Å²) >= 11 is 0. The fourth-order valence-corrected chi connectivity index (χ4v) is 6.06. The monoisotopic (exact) mass is 554 g/mol. The van der Waals surface area contributed by atoms with E-state index in [0.717, 1.165) is 5.70 Å². The SMILES string of the molecule is O=C1C=C(N2CC3[C@H](CCN(C(=O)Cc4cc(C(F)(F)F)cc(C(F)(F)F)c4)[C@H]3c3ccc(F)cc3)C2)CC1. The summed E-state index contributed by atoms with van der Waals surface area (Å²) in [5.74, 6) is -1.01. The zero-order valence-corrected chi connectivity index (χ0v) is 20.7. The maximum atomic E-state index is 13.7. The number of halogens is 7. The molecule has 2 aromatic carbocycles. The maximum absolute atomic E-state index is 13.7. The fraction of sp³-hybridized carbons (Fsp3) is 0.429. The Hall–Kier alpha value is -3.37. The minimum absolute atomic E-state index is 0.0380. The number of allylic oxidation sites excluding steroid dienone is 2. The standard InChI is InChI=1S/C28H25F7N2O2/c29-21-3-1-17(2-4-21)26-24-15-36(22-5-6-23(38)13-22)14-18(24)7-8-37(26)25(39)11-16-9-19(27(30,31)32)12-20(10-16)28(33,34)35/h1-4,9-10,12-13,18,24,26H,5-8,11,14-15H2/t18-,24?,26+/m1/s1. The van der Waals surface area contributed by atoms with Crippen molar-refractivity contribution in [3.05, 3.63) is 82.3 Å². The number of hydrogen-bond acceptors (Lipinski definition) is 3. The smallest absolute Gasteiger partial charge is 0.374 e. The van der Waals surface area contributed by atoms with E-state index in [4.69, 9.17) is 0 Å². The molecule has 39 heavy (non-hydrogen) atoms. The summed E-state index contributed by atoms with van der Waals surface area (Å²) in [5, 5.41) is 0. The van der Waals surface area contributed by atoms with Crippen LogP contribution in [-0.4, -0.2) is 41.1 Å². The van der Waals surface area contributed by atoms with Crippen molar-refractivity contribution in [3.63, 3.8) is 0 Å². The third-order valence-corrected chi connectivity index (χ3v) is 7.87. The summed E-state index contributed by atoms with van der Waals surface area (Å²) in [7, 11) is 0. The lowest BCUT2D eigenvalue weighted by atomic mass is 9.78. The molecule has 0 aromatic heterocycles. The van der Waals surface area contributed by atoms with Gasteiger partial charge in [0.15, 0.2) is 5.78 Å². The molecule has 1 amide bonds. The topological polar surface area (TPSA) is 40.6 Å². The molecule has 3 aliphatic rings. The van der Waals surface area contributed by atoms with E-state index in [2.05, 4.69) is 4.90 Å². The second kappa shape index (κ2) is 9.98. The molecule has 4 nitrogen and oxygen atoms in total. The average molecular weight is 555 g/mol. The third kappa shape index (κ3) is 5.67. The number of hydrogen-bond donors (Lipinski definition) is 0. The van der Waals surface area contributed by atoms with Crippen molar-refractivity contribution in [1.29, 1.82) is 0 Å². The van der Waals surface area contributed by atoms with Crippen molar-refractivity contribution >= 4 is 11.7 Å². The van der Waals surface area contributed by atoms with Crippen LogP contribution >= 0.6 is 0 Å². The Kier molecular flexibility index (Phi) is 6.97. The quantitative estimate of drug-likeness (QED) is 0.425. The van der Waals surface area contributed by atoms with Crippen LogP contribution in [0.4, 0.5) is 30.7 Å². The van der Waals surface area contributed by atoms with E-state index in [-0.39, 0.29) is 35.8 Å².